The predicted octanol–water partition coefficient (Wildman–Crippen LogP) is 4.68. The van der Waals surface area contributed by atoms with Crippen molar-refractivity contribution < 1.29 is 17.1 Å². The number of rotatable bonds is 10. The van der Waals surface area contributed by atoms with Crippen molar-refractivity contribution in [2.75, 3.05) is 0 Å². The van der Waals surface area contributed by atoms with Crippen LogP contribution in [0.1, 0.15) is 57.1 Å². The summed E-state index contributed by atoms with van der Waals surface area (Å²) in [6.07, 6.45) is 15.9. The Kier molecular flexibility index (Phi) is 11.6. The van der Waals surface area contributed by atoms with Crippen LogP contribution in [-0.4, -0.2) is 29.3 Å². The van der Waals surface area contributed by atoms with Gasteiger partial charge in [0.05, 0.1) is 17.1 Å². The van der Waals surface area contributed by atoms with Gasteiger partial charge in [-0.15, -0.1) is 0 Å². The molecule has 0 saturated carbocycles. The van der Waals surface area contributed by atoms with Crippen molar-refractivity contribution >= 4 is 0 Å². The van der Waals surface area contributed by atoms with Crippen LogP contribution in [0.25, 0.3) is 0 Å². The van der Waals surface area contributed by atoms with E-state index in [0.717, 1.165) is 61.9 Å². The maximum Gasteiger partial charge on any atom is 2.00 e. The molecule has 0 amide bonds. The molecule has 3 rings (SSSR count). The number of hydrogen-bond donors (Lipinski definition) is 0. The van der Waals surface area contributed by atoms with Crippen LogP contribution in [0.15, 0.2) is 55.5 Å². The summed E-state index contributed by atoms with van der Waals surface area (Å²) in [5.74, 6) is 0. The fourth-order valence-corrected chi connectivity index (χ4v) is 2.90. The first kappa shape index (κ1) is 25.5. The third kappa shape index (κ3) is 7.08. The van der Waals surface area contributed by atoms with Crippen molar-refractivity contribution in [3.63, 3.8) is 0 Å². The molecule has 30 heavy (non-hydrogen) atoms. The van der Waals surface area contributed by atoms with E-state index in [-0.39, 0.29) is 17.1 Å². The molecule has 3 heterocycles. The van der Waals surface area contributed by atoms with E-state index in [9.17, 15) is 0 Å². The molecule has 0 fully saturated rings. The summed E-state index contributed by atoms with van der Waals surface area (Å²) in [5.41, 5.74) is 3.26. The fraction of sp³-hybridized carbons (Fsp3) is 0.391. The molecular formula is C23H32MnN6. The standard InChI is InChI=1S/C19H27N6.C4H5.Mn/c1-4-7-16-10-13-23(20-16)19(24-14-11-17(21-24)8-5-2)25-15-12-18(22-25)9-6-3;1-3-4-2;/h10-15H,4-9H2,1-3H3;1,3-4H,2H2;/q2*-1;+2. The molecule has 0 aromatic carbocycles. The van der Waals surface area contributed by atoms with Crippen molar-refractivity contribution in [3.05, 3.63) is 85.5 Å². The van der Waals surface area contributed by atoms with Crippen LogP contribution in [-0.2, 0) is 36.3 Å². The second-order valence-electron chi connectivity index (χ2n) is 6.73. The Morgan fingerprint density at radius 1 is 0.800 bits per heavy atom. The third-order valence-electron chi connectivity index (χ3n) is 4.20. The van der Waals surface area contributed by atoms with Crippen LogP contribution >= 0.6 is 0 Å². The van der Waals surface area contributed by atoms with Gasteiger partial charge in [0.15, 0.2) is 6.29 Å². The molecule has 7 heteroatoms. The average molecular weight is 447 g/mol. The molecule has 0 saturated heterocycles. The van der Waals surface area contributed by atoms with Gasteiger partial charge >= 0.3 is 17.1 Å². The molecule has 0 spiro atoms. The quantitative estimate of drug-likeness (QED) is 0.258. The zero-order chi connectivity index (χ0) is 21.1. The van der Waals surface area contributed by atoms with Gasteiger partial charge in [0.25, 0.3) is 0 Å². The van der Waals surface area contributed by atoms with Gasteiger partial charge in [-0.25, -0.2) is 12.2 Å². The molecule has 0 aliphatic carbocycles. The molecule has 0 atom stereocenters. The van der Waals surface area contributed by atoms with E-state index < -0.39 is 0 Å². The van der Waals surface area contributed by atoms with E-state index in [1.165, 1.54) is 12.2 Å². The van der Waals surface area contributed by atoms with E-state index in [1.807, 2.05) is 32.6 Å². The maximum atomic E-state index is 4.78. The first-order chi connectivity index (χ1) is 14.2. The fourth-order valence-electron chi connectivity index (χ4n) is 2.90. The Labute approximate surface area is 191 Å². The summed E-state index contributed by atoms with van der Waals surface area (Å²) in [6, 6.07) is 6.20. The van der Waals surface area contributed by atoms with Gasteiger partial charge in [0.1, 0.15) is 0 Å². The number of hydrogen-bond acceptors (Lipinski definition) is 3. The van der Waals surface area contributed by atoms with Gasteiger partial charge in [0, 0.05) is 0 Å². The maximum absolute atomic E-state index is 4.78. The molecule has 6 nitrogen and oxygen atoms in total. The van der Waals surface area contributed by atoms with Gasteiger partial charge in [-0.3, -0.25) is 20.6 Å². The minimum Gasteiger partial charge on any atom is -0.293 e. The number of nitrogens with zero attached hydrogens (tertiary/aromatic N) is 6. The van der Waals surface area contributed by atoms with E-state index in [4.69, 9.17) is 21.9 Å². The number of aryl methyl sites for hydroxylation is 3. The normalized spacial score (nSPS) is 9.97. The Balaban J connectivity index is 0.000000827. The van der Waals surface area contributed by atoms with Crippen LogP contribution < -0.4 is 0 Å². The molecule has 0 N–H and O–H groups in total. The second-order valence-corrected chi connectivity index (χ2v) is 6.73. The SMILES string of the molecule is CCCc1ccn([C-](n2ccc(CCC)n2)n2ccc(CCC)n2)n1.[CH-]=CC=C.[Mn+2]. The van der Waals surface area contributed by atoms with Crippen LogP contribution in [0.3, 0.4) is 0 Å². The number of aromatic nitrogens is 6. The van der Waals surface area contributed by atoms with Crippen molar-refractivity contribution in [1.29, 1.82) is 0 Å². The Morgan fingerprint density at radius 3 is 1.33 bits per heavy atom. The molecule has 0 bridgehead atoms. The summed E-state index contributed by atoms with van der Waals surface area (Å²) in [4.78, 5) is 0. The molecule has 161 valence electrons. The van der Waals surface area contributed by atoms with Crippen LogP contribution in [0.2, 0.25) is 0 Å². The van der Waals surface area contributed by atoms with Crippen LogP contribution in [0, 0.1) is 12.9 Å². The molecule has 0 unspecified atom stereocenters. The van der Waals surface area contributed by atoms with Crippen LogP contribution in [0.5, 0.6) is 0 Å². The Bertz CT molecular complexity index is 765. The van der Waals surface area contributed by atoms with E-state index >= 15 is 0 Å². The minimum absolute atomic E-state index is 0. The molecular weight excluding hydrogens is 415 g/mol. The zero-order valence-corrected chi connectivity index (χ0v) is 19.4. The van der Waals surface area contributed by atoms with Crippen LogP contribution in [0.4, 0.5) is 0 Å². The van der Waals surface area contributed by atoms with E-state index in [0.29, 0.717) is 0 Å². The first-order valence-corrected chi connectivity index (χ1v) is 10.3. The smallest absolute Gasteiger partial charge is 0.293 e. The van der Waals surface area contributed by atoms with Gasteiger partial charge < -0.3 is 0 Å². The van der Waals surface area contributed by atoms with E-state index in [2.05, 4.69) is 45.5 Å². The van der Waals surface area contributed by atoms with Crippen molar-refractivity contribution in [2.45, 2.75) is 59.3 Å². The first-order valence-electron chi connectivity index (χ1n) is 10.3. The largest absolute Gasteiger partial charge is 2.00 e. The third-order valence-corrected chi connectivity index (χ3v) is 4.20. The van der Waals surface area contributed by atoms with E-state index in [1.54, 1.807) is 0 Å². The topological polar surface area (TPSA) is 53.5 Å². The molecule has 0 aliphatic heterocycles. The van der Waals surface area contributed by atoms with Gasteiger partial charge in [-0.05, 0) is 37.9 Å². The Morgan fingerprint density at radius 2 is 1.10 bits per heavy atom. The van der Waals surface area contributed by atoms with Crippen molar-refractivity contribution in [3.8, 4) is 0 Å². The Hall–Kier alpha value is -2.50. The van der Waals surface area contributed by atoms with Crippen molar-refractivity contribution in [2.24, 2.45) is 0 Å². The van der Waals surface area contributed by atoms with Gasteiger partial charge in [-0.1, -0.05) is 58.2 Å². The molecule has 3 aromatic heterocycles. The van der Waals surface area contributed by atoms with Gasteiger partial charge in [-0.2, -0.15) is 21.9 Å². The second kappa shape index (κ2) is 13.7. The predicted molar refractivity (Wildman–Crippen MR) is 117 cm³/mol. The van der Waals surface area contributed by atoms with Gasteiger partial charge in [0.2, 0.25) is 0 Å². The zero-order valence-electron chi connectivity index (χ0n) is 18.2. The molecule has 0 aliphatic rings. The molecule has 1 radical (unpaired) electrons. The monoisotopic (exact) mass is 447 g/mol. The average Bonchev–Trinajstić information content (AvgIpc) is 3.47. The molecule has 3 aromatic rings. The summed E-state index contributed by atoms with van der Waals surface area (Å²) >= 11 is 0. The summed E-state index contributed by atoms with van der Waals surface area (Å²) in [5, 5.41) is 14.2. The van der Waals surface area contributed by atoms with Crippen molar-refractivity contribution in [1.82, 2.24) is 29.3 Å². The summed E-state index contributed by atoms with van der Waals surface area (Å²) in [7, 11) is 0. The number of allylic oxidation sites excluding steroid dienone is 2. The summed E-state index contributed by atoms with van der Waals surface area (Å²) in [6.45, 7) is 14.6. The summed E-state index contributed by atoms with van der Waals surface area (Å²) < 4.78 is 5.61. The minimum atomic E-state index is 0.